The highest BCUT2D eigenvalue weighted by Gasteiger charge is 2.32. The van der Waals surface area contributed by atoms with E-state index in [2.05, 4.69) is 22.8 Å². The zero-order valence-electron chi connectivity index (χ0n) is 13.2. The summed E-state index contributed by atoms with van der Waals surface area (Å²) in [7, 11) is 1.71. The second-order valence-electron chi connectivity index (χ2n) is 6.49. The van der Waals surface area contributed by atoms with Crippen LogP contribution < -0.4 is 10.5 Å². The van der Waals surface area contributed by atoms with Crippen molar-refractivity contribution in [2.24, 2.45) is 0 Å². The first kappa shape index (κ1) is 14.7. The van der Waals surface area contributed by atoms with Gasteiger partial charge in [0.15, 0.2) is 0 Å². The van der Waals surface area contributed by atoms with E-state index in [1.165, 1.54) is 37.9 Å². The number of piperazine rings is 1. The molecule has 2 N–H and O–H groups in total. The summed E-state index contributed by atoms with van der Waals surface area (Å²) < 4.78 is 5.33. The topological polar surface area (TPSA) is 41.7 Å². The van der Waals surface area contributed by atoms with Crippen molar-refractivity contribution in [1.82, 2.24) is 9.80 Å². The van der Waals surface area contributed by atoms with Gasteiger partial charge in [0.2, 0.25) is 0 Å². The number of fused-ring (bicyclic) bond motifs is 1. The summed E-state index contributed by atoms with van der Waals surface area (Å²) in [5, 5.41) is 0. The Morgan fingerprint density at radius 1 is 1.29 bits per heavy atom. The summed E-state index contributed by atoms with van der Waals surface area (Å²) in [4.78, 5) is 5.26. The van der Waals surface area contributed by atoms with E-state index >= 15 is 0 Å². The van der Waals surface area contributed by atoms with Crippen LogP contribution in [0, 0.1) is 0 Å². The number of hydrogen-bond acceptors (Lipinski definition) is 4. The Bertz CT molecular complexity index is 491. The van der Waals surface area contributed by atoms with Crippen LogP contribution in [-0.2, 0) is 6.54 Å². The predicted molar refractivity (Wildman–Crippen MR) is 86.5 cm³/mol. The highest BCUT2D eigenvalue weighted by molar-refractivity contribution is 5.50. The molecule has 116 valence electrons. The molecule has 2 aliphatic heterocycles. The van der Waals surface area contributed by atoms with Gasteiger partial charge in [-0.1, -0.05) is 6.42 Å². The van der Waals surface area contributed by atoms with Crippen LogP contribution >= 0.6 is 0 Å². The van der Waals surface area contributed by atoms with Crippen LogP contribution in [0.15, 0.2) is 18.2 Å². The minimum Gasteiger partial charge on any atom is -0.497 e. The van der Waals surface area contributed by atoms with E-state index in [1.807, 2.05) is 12.1 Å². The standard InChI is InChI=1S/C17H27N3O/c1-13-10-19-8-4-3-5-15(19)12-20(13)11-14-9-16(21-2)6-7-17(14)18/h6-7,9,13,15H,3-5,8,10-12,18H2,1-2H3. The molecule has 2 atom stereocenters. The van der Waals surface area contributed by atoms with Crippen LogP contribution in [0.3, 0.4) is 0 Å². The maximum atomic E-state index is 6.15. The first-order chi connectivity index (χ1) is 10.2. The summed E-state index contributed by atoms with van der Waals surface area (Å²) in [5.41, 5.74) is 8.20. The van der Waals surface area contributed by atoms with Crippen LogP contribution in [0.5, 0.6) is 5.75 Å². The first-order valence-corrected chi connectivity index (χ1v) is 8.08. The third kappa shape index (κ3) is 3.16. The van der Waals surface area contributed by atoms with Crippen molar-refractivity contribution in [2.45, 2.75) is 44.8 Å². The smallest absolute Gasteiger partial charge is 0.119 e. The minimum absolute atomic E-state index is 0.588. The van der Waals surface area contributed by atoms with Gasteiger partial charge in [-0.05, 0) is 50.1 Å². The van der Waals surface area contributed by atoms with E-state index in [-0.39, 0.29) is 0 Å². The molecule has 0 amide bonds. The van der Waals surface area contributed by atoms with Gasteiger partial charge in [-0.15, -0.1) is 0 Å². The van der Waals surface area contributed by atoms with E-state index in [4.69, 9.17) is 10.5 Å². The Labute approximate surface area is 127 Å². The monoisotopic (exact) mass is 289 g/mol. The van der Waals surface area contributed by atoms with Crippen molar-refractivity contribution in [1.29, 1.82) is 0 Å². The molecule has 0 radical (unpaired) electrons. The van der Waals surface area contributed by atoms with E-state index < -0.39 is 0 Å². The summed E-state index contributed by atoms with van der Waals surface area (Å²) in [5.74, 6) is 0.892. The van der Waals surface area contributed by atoms with Crippen molar-refractivity contribution in [3.8, 4) is 5.75 Å². The molecule has 2 aliphatic rings. The second kappa shape index (κ2) is 6.24. The van der Waals surface area contributed by atoms with Gasteiger partial charge in [0, 0.05) is 37.4 Å². The van der Waals surface area contributed by atoms with Gasteiger partial charge in [-0.25, -0.2) is 0 Å². The van der Waals surface area contributed by atoms with Gasteiger partial charge in [-0.2, -0.15) is 0 Å². The van der Waals surface area contributed by atoms with Crippen molar-refractivity contribution in [3.63, 3.8) is 0 Å². The number of anilines is 1. The van der Waals surface area contributed by atoms with Gasteiger partial charge in [-0.3, -0.25) is 9.80 Å². The van der Waals surface area contributed by atoms with E-state index in [0.29, 0.717) is 6.04 Å². The average Bonchev–Trinajstić information content (AvgIpc) is 2.50. The molecule has 1 aromatic carbocycles. The second-order valence-corrected chi connectivity index (χ2v) is 6.49. The molecule has 0 aliphatic carbocycles. The van der Waals surface area contributed by atoms with E-state index in [0.717, 1.165) is 30.6 Å². The normalized spacial score (nSPS) is 27.3. The Kier molecular flexibility index (Phi) is 4.36. The average molecular weight is 289 g/mol. The molecule has 1 aromatic rings. The van der Waals surface area contributed by atoms with Gasteiger partial charge in [0.05, 0.1) is 7.11 Å². The fraction of sp³-hybridized carbons (Fsp3) is 0.647. The number of nitrogens with two attached hydrogens (primary N) is 1. The fourth-order valence-corrected chi connectivity index (χ4v) is 3.70. The van der Waals surface area contributed by atoms with Crippen LogP contribution in [0.4, 0.5) is 5.69 Å². The van der Waals surface area contributed by atoms with Crippen molar-refractivity contribution in [3.05, 3.63) is 23.8 Å². The van der Waals surface area contributed by atoms with E-state index in [1.54, 1.807) is 7.11 Å². The van der Waals surface area contributed by atoms with Crippen molar-refractivity contribution < 1.29 is 4.74 Å². The number of nitrogen functional groups attached to an aromatic ring is 1. The summed E-state index contributed by atoms with van der Waals surface area (Å²) in [6.45, 7) is 6.90. The zero-order chi connectivity index (χ0) is 14.8. The molecule has 2 unspecified atom stereocenters. The summed E-state index contributed by atoms with van der Waals surface area (Å²) in [6.07, 6.45) is 4.09. The SMILES string of the molecule is COc1ccc(N)c(CN2CC3CCCCN3CC2C)c1. The maximum absolute atomic E-state index is 6.15. The lowest BCUT2D eigenvalue weighted by atomic mass is 9.96. The van der Waals surface area contributed by atoms with Gasteiger partial charge < -0.3 is 10.5 Å². The highest BCUT2D eigenvalue weighted by Crippen LogP contribution is 2.27. The molecule has 2 fully saturated rings. The molecule has 4 nitrogen and oxygen atoms in total. The summed E-state index contributed by atoms with van der Waals surface area (Å²) >= 11 is 0. The van der Waals surface area contributed by atoms with Gasteiger partial charge in [0.25, 0.3) is 0 Å². The van der Waals surface area contributed by atoms with Crippen molar-refractivity contribution >= 4 is 5.69 Å². The van der Waals surface area contributed by atoms with Crippen LogP contribution in [0.2, 0.25) is 0 Å². The third-order valence-corrected chi connectivity index (χ3v) is 5.04. The molecule has 3 rings (SSSR count). The number of piperidine rings is 1. The number of ether oxygens (including phenoxy) is 1. The minimum atomic E-state index is 0.588. The van der Waals surface area contributed by atoms with Gasteiger partial charge in [0.1, 0.15) is 5.75 Å². The Morgan fingerprint density at radius 3 is 2.95 bits per heavy atom. The third-order valence-electron chi connectivity index (χ3n) is 5.04. The maximum Gasteiger partial charge on any atom is 0.119 e. The lowest BCUT2D eigenvalue weighted by Gasteiger charge is -2.47. The fourth-order valence-electron chi connectivity index (χ4n) is 3.70. The molecule has 0 aromatic heterocycles. The quantitative estimate of drug-likeness (QED) is 0.867. The Morgan fingerprint density at radius 2 is 2.14 bits per heavy atom. The Balaban J connectivity index is 1.72. The number of methoxy groups -OCH3 is 1. The largest absolute Gasteiger partial charge is 0.497 e. The first-order valence-electron chi connectivity index (χ1n) is 8.08. The van der Waals surface area contributed by atoms with Crippen LogP contribution in [-0.4, -0.2) is 48.6 Å². The molecule has 0 spiro atoms. The van der Waals surface area contributed by atoms with Crippen molar-refractivity contribution in [2.75, 3.05) is 32.5 Å². The van der Waals surface area contributed by atoms with E-state index in [9.17, 15) is 0 Å². The molecular formula is C17H27N3O. The van der Waals surface area contributed by atoms with Crippen LogP contribution in [0.1, 0.15) is 31.7 Å². The lowest BCUT2D eigenvalue weighted by Crippen LogP contribution is -2.58. The van der Waals surface area contributed by atoms with Crippen LogP contribution in [0.25, 0.3) is 0 Å². The molecular weight excluding hydrogens is 262 g/mol. The number of benzene rings is 1. The number of rotatable bonds is 3. The highest BCUT2D eigenvalue weighted by atomic mass is 16.5. The molecule has 0 bridgehead atoms. The lowest BCUT2D eigenvalue weighted by molar-refractivity contribution is 0.0111. The molecule has 2 saturated heterocycles. The number of hydrogen-bond donors (Lipinski definition) is 1. The zero-order valence-corrected chi connectivity index (χ0v) is 13.2. The molecule has 2 heterocycles. The van der Waals surface area contributed by atoms with Gasteiger partial charge >= 0.3 is 0 Å². The number of nitrogens with zero attached hydrogens (tertiary/aromatic N) is 2. The Hall–Kier alpha value is -1.26. The molecule has 0 saturated carbocycles. The predicted octanol–water partition coefficient (Wildman–Crippen LogP) is 2.34. The summed E-state index contributed by atoms with van der Waals surface area (Å²) in [6, 6.07) is 7.29. The molecule has 21 heavy (non-hydrogen) atoms. The molecule has 4 heteroatoms.